The minimum atomic E-state index is -0.903. The first-order chi connectivity index (χ1) is 13.9. The molecule has 2 aromatic rings. The number of urea groups is 1. The van der Waals surface area contributed by atoms with Gasteiger partial charge in [0.05, 0.1) is 23.9 Å². The Hall–Kier alpha value is -3.42. The van der Waals surface area contributed by atoms with E-state index in [1.54, 1.807) is 13.0 Å². The Balaban J connectivity index is 2.02. The highest BCUT2D eigenvalue weighted by molar-refractivity contribution is 5.95. The molecule has 0 saturated carbocycles. The Bertz CT molecular complexity index is 944. The molecule has 0 saturated heterocycles. The lowest BCUT2D eigenvalue weighted by atomic mass is 9.94. The highest BCUT2D eigenvalue weighted by atomic mass is 19.1. The van der Waals surface area contributed by atoms with E-state index in [1.165, 1.54) is 54.4 Å². The molecule has 0 bridgehead atoms. The molecule has 3 rings (SSSR count). The SMILES string of the molecule is CCOC(=O)C1=C(COc2ccc(F)cc2)N(C)C(=O)NC1c1cccc(F)c1. The fourth-order valence-corrected chi connectivity index (χ4v) is 3.00. The molecule has 152 valence electrons. The summed E-state index contributed by atoms with van der Waals surface area (Å²) in [6.45, 7) is 1.65. The molecular formula is C21H20F2N2O4. The van der Waals surface area contributed by atoms with Crippen molar-refractivity contribution >= 4 is 12.0 Å². The van der Waals surface area contributed by atoms with Crippen LogP contribution in [0, 0.1) is 11.6 Å². The summed E-state index contributed by atoms with van der Waals surface area (Å²) >= 11 is 0. The number of rotatable bonds is 6. The van der Waals surface area contributed by atoms with Gasteiger partial charge in [-0.1, -0.05) is 12.1 Å². The van der Waals surface area contributed by atoms with Gasteiger partial charge in [0.25, 0.3) is 0 Å². The van der Waals surface area contributed by atoms with Crippen LogP contribution in [0.1, 0.15) is 18.5 Å². The third-order valence-corrected chi connectivity index (χ3v) is 4.44. The smallest absolute Gasteiger partial charge is 0.338 e. The number of hydrogen-bond donors (Lipinski definition) is 1. The van der Waals surface area contributed by atoms with Gasteiger partial charge >= 0.3 is 12.0 Å². The van der Waals surface area contributed by atoms with Gasteiger partial charge in [-0.2, -0.15) is 0 Å². The van der Waals surface area contributed by atoms with Crippen molar-refractivity contribution in [1.29, 1.82) is 0 Å². The van der Waals surface area contributed by atoms with E-state index in [-0.39, 0.29) is 24.5 Å². The quantitative estimate of drug-likeness (QED) is 0.751. The van der Waals surface area contributed by atoms with Crippen LogP contribution in [-0.4, -0.2) is 37.2 Å². The molecule has 0 radical (unpaired) electrons. The van der Waals surface area contributed by atoms with E-state index in [9.17, 15) is 18.4 Å². The van der Waals surface area contributed by atoms with Crippen molar-refractivity contribution in [2.75, 3.05) is 20.3 Å². The van der Waals surface area contributed by atoms with Crippen LogP contribution in [-0.2, 0) is 9.53 Å². The third kappa shape index (κ3) is 4.53. The number of hydrogen-bond acceptors (Lipinski definition) is 4. The number of benzene rings is 2. The molecule has 0 aliphatic carbocycles. The van der Waals surface area contributed by atoms with E-state index < -0.39 is 29.7 Å². The van der Waals surface area contributed by atoms with Crippen molar-refractivity contribution in [3.8, 4) is 5.75 Å². The van der Waals surface area contributed by atoms with Crippen molar-refractivity contribution in [3.63, 3.8) is 0 Å². The maximum Gasteiger partial charge on any atom is 0.338 e. The Morgan fingerprint density at radius 2 is 1.86 bits per heavy atom. The average Bonchev–Trinajstić information content (AvgIpc) is 2.70. The summed E-state index contributed by atoms with van der Waals surface area (Å²) in [6.07, 6.45) is 0. The topological polar surface area (TPSA) is 67.9 Å². The van der Waals surface area contributed by atoms with Crippen molar-refractivity contribution in [2.45, 2.75) is 13.0 Å². The van der Waals surface area contributed by atoms with Gasteiger partial charge in [0, 0.05) is 7.05 Å². The first-order valence-corrected chi connectivity index (χ1v) is 8.99. The van der Waals surface area contributed by atoms with Crippen LogP contribution in [0.4, 0.5) is 13.6 Å². The van der Waals surface area contributed by atoms with Crippen LogP contribution in [0.25, 0.3) is 0 Å². The molecule has 6 nitrogen and oxygen atoms in total. The molecule has 1 aliphatic rings. The lowest BCUT2D eigenvalue weighted by Crippen LogP contribution is -2.48. The van der Waals surface area contributed by atoms with E-state index in [1.807, 2.05) is 0 Å². The molecule has 1 N–H and O–H groups in total. The van der Waals surface area contributed by atoms with Gasteiger partial charge in [0.1, 0.15) is 24.0 Å². The predicted octanol–water partition coefficient (Wildman–Crippen LogP) is 3.56. The molecule has 2 aromatic carbocycles. The molecule has 0 spiro atoms. The summed E-state index contributed by atoms with van der Waals surface area (Å²) in [7, 11) is 1.49. The zero-order valence-electron chi connectivity index (χ0n) is 15.9. The molecule has 1 atom stereocenters. The number of halogens is 2. The molecule has 0 fully saturated rings. The van der Waals surface area contributed by atoms with E-state index in [4.69, 9.17) is 9.47 Å². The van der Waals surface area contributed by atoms with E-state index in [0.717, 1.165) is 0 Å². The Labute approximate surface area is 166 Å². The fraction of sp³-hybridized carbons (Fsp3) is 0.238. The van der Waals surface area contributed by atoms with E-state index in [0.29, 0.717) is 11.3 Å². The second-order valence-corrected chi connectivity index (χ2v) is 6.32. The van der Waals surface area contributed by atoms with Gasteiger partial charge < -0.3 is 14.8 Å². The van der Waals surface area contributed by atoms with Crippen LogP contribution in [0.5, 0.6) is 5.75 Å². The highest BCUT2D eigenvalue weighted by Crippen LogP contribution is 2.31. The standard InChI is InChI=1S/C21H20F2N2O4/c1-3-28-20(26)18-17(12-29-16-9-7-14(22)8-10-16)25(2)21(27)24-19(18)13-5-4-6-15(23)11-13/h4-11,19H,3,12H2,1-2H3,(H,24,27). The molecular weight excluding hydrogens is 382 g/mol. The number of nitrogens with one attached hydrogen (secondary N) is 1. The van der Waals surface area contributed by atoms with Crippen molar-refractivity contribution in [3.05, 3.63) is 77.0 Å². The van der Waals surface area contributed by atoms with Crippen LogP contribution in [0.2, 0.25) is 0 Å². The summed E-state index contributed by atoms with van der Waals surface area (Å²) in [5.74, 6) is -1.19. The molecule has 2 amide bonds. The second-order valence-electron chi connectivity index (χ2n) is 6.32. The zero-order valence-corrected chi connectivity index (χ0v) is 15.9. The Morgan fingerprint density at radius 3 is 2.52 bits per heavy atom. The second kappa shape index (κ2) is 8.72. The minimum Gasteiger partial charge on any atom is -0.487 e. The molecule has 1 aliphatic heterocycles. The van der Waals surface area contributed by atoms with Crippen molar-refractivity contribution in [1.82, 2.24) is 10.2 Å². The fourth-order valence-electron chi connectivity index (χ4n) is 3.00. The molecule has 29 heavy (non-hydrogen) atoms. The molecule has 8 heteroatoms. The summed E-state index contributed by atoms with van der Waals surface area (Å²) in [5.41, 5.74) is 0.807. The largest absolute Gasteiger partial charge is 0.487 e. The van der Waals surface area contributed by atoms with Gasteiger partial charge in [-0.05, 0) is 48.9 Å². The molecule has 1 unspecified atom stereocenters. The van der Waals surface area contributed by atoms with Gasteiger partial charge in [-0.25, -0.2) is 18.4 Å². The Morgan fingerprint density at radius 1 is 1.14 bits per heavy atom. The maximum atomic E-state index is 13.8. The Kier molecular flexibility index (Phi) is 6.11. The number of carbonyl (C=O) groups excluding carboxylic acids is 2. The number of nitrogens with zero attached hydrogens (tertiary/aromatic N) is 1. The summed E-state index contributed by atoms with van der Waals surface area (Å²) in [4.78, 5) is 26.5. The normalized spacial score (nSPS) is 16.5. The van der Waals surface area contributed by atoms with E-state index >= 15 is 0 Å². The lowest BCUT2D eigenvalue weighted by Gasteiger charge is -2.34. The van der Waals surface area contributed by atoms with Crippen LogP contribution >= 0.6 is 0 Å². The van der Waals surface area contributed by atoms with Gasteiger partial charge in [-0.3, -0.25) is 4.90 Å². The number of carbonyl (C=O) groups is 2. The number of likely N-dealkylation sites (N-methyl/N-ethyl adjacent to an activating group) is 1. The molecule has 0 aromatic heterocycles. The van der Waals surface area contributed by atoms with Crippen LogP contribution in [0.15, 0.2) is 59.8 Å². The summed E-state index contributed by atoms with van der Waals surface area (Å²) in [5, 5.41) is 2.69. The average molecular weight is 402 g/mol. The van der Waals surface area contributed by atoms with Crippen molar-refractivity contribution < 1.29 is 27.8 Å². The van der Waals surface area contributed by atoms with Gasteiger partial charge in [0.2, 0.25) is 0 Å². The number of amides is 2. The summed E-state index contributed by atoms with van der Waals surface area (Å²) in [6, 6.07) is 9.58. The highest BCUT2D eigenvalue weighted by Gasteiger charge is 2.37. The lowest BCUT2D eigenvalue weighted by molar-refractivity contribution is -0.139. The van der Waals surface area contributed by atoms with Crippen LogP contribution < -0.4 is 10.1 Å². The summed E-state index contributed by atoms with van der Waals surface area (Å²) < 4.78 is 37.7. The number of esters is 1. The molecule has 1 heterocycles. The van der Waals surface area contributed by atoms with Gasteiger partial charge in [-0.15, -0.1) is 0 Å². The van der Waals surface area contributed by atoms with Crippen LogP contribution in [0.3, 0.4) is 0 Å². The third-order valence-electron chi connectivity index (χ3n) is 4.44. The maximum absolute atomic E-state index is 13.8. The van der Waals surface area contributed by atoms with E-state index in [2.05, 4.69) is 5.32 Å². The van der Waals surface area contributed by atoms with Gasteiger partial charge in [0.15, 0.2) is 0 Å². The number of ether oxygens (including phenoxy) is 2. The monoisotopic (exact) mass is 402 g/mol. The first-order valence-electron chi connectivity index (χ1n) is 8.99. The zero-order chi connectivity index (χ0) is 21.0. The minimum absolute atomic E-state index is 0.127. The predicted molar refractivity (Wildman–Crippen MR) is 101 cm³/mol. The first kappa shape index (κ1) is 20.3. The van der Waals surface area contributed by atoms with Crippen molar-refractivity contribution in [2.24, 2.45) is 0 Å².